The van der Waals surface area contributed by atoms with E-state index in [9.17, 15) is 9.59 Å². The van der Waals surface area contributed by atoms with Crippen LogP contribution in [0.5, 0.6) is 0 Å². The first-order valence-electron chi connectivity index (χ1n) is 4.73. The second-order valence-electron chi connectivity index (χ2n) is 3.19. The molecule has 2 aliphatic heterocycles. The molecular formula is C8H10N2O3S. The maximum Gasteiger partial charge on any atom is 0.352 e. The SMILES string of the molecule is [2H]CC1=C(C(=O)O)N2C(=O)C(N)[C@H]2SC1. The number of carbonyl (C=O) groups is 2. The van der Waals surface area contributed by atoms with Crippen molar-refractivity contribution in [2.24, 2.45) is 5.73 Å². The molecule has 14 heavy (non-hydrogen) atoms. The predicted molar refractivity (Wildman–Crippen MR) is 51.4 cm³/mol. The quantitative estimate of drug-likeness (QED) is 0.581. The number of carbonyl (C=O) groups excluding carboxylic acids is 1. The molecule has 6 heteroatoms. The maximum absolute atomic E-state index is 11.4. The van der Waals surface area contributed by atoms with Gasteiger partial charge in [-0.2, -0.15) is 0 Å². The summed E-state index contributed by atoms with van der Waals surface area (Å²) in [6.45, 7) is -0.0969. The molecule has 1 unspecified atom stereocenters. The molecule has 0 radical (unpaired) electrons. The Morgan fingerprint density at radius 1 is 1.86 bits per heavy atom. The molecule has 0 spiro atoms. The lowest BCUT2D eigenvalue weighted by Gasteiger charge is -2.47. The number of fused-ring (bicyclic) bond motifs is 1. The van der Waals surface area contributed by atoms with E-state index >= 15 is 0 Å². The van der Waals surface area contributed by atoms with E-state index in [2.05, 4.69) is 0 Å². The standard InChI is InChI=1S/C8H10N2O3S/c1-3-2-14-7-4(9)6(11)10(7)5(3)8(12)13/h4,7H,2,9H2,1H3,(H,12,13)/t4?,7-/m1/s1/i1D. The molecule has 3 N–H and O–H groups in total. The normalized spacial score (nSPS) is 32.2. The molecule has 1 saturated heterocycles. The number of amides is 1. The van der Waals surface area contributed by atoms with E-state index in [0.29, 0.717) is 11.3 Å². The minimum absolute atomic E-state index is 0.0412. The van der Waals surface area contributed by atoms with Crippen molar-refractivity contribution in [2.45, 2.75) is 18.3 Å². The topological polar surface area (TPSA) is 83.6 Å². The molecule has 0 aromatic heterocycles. The van der Waals surface area contributed by atoms with Crippen LogP contribution in [0.3, 0.4) is 0 Å². The Hall–Kier alpha value is -1.01. The summed E-state index contributed by atoms with van der Waals surface area (Å²) in [7, 11) is 0. The largest absolute Gasteiger partial charge is 0.477 e. The van der Waals surface area contributed by atoms with Gasteiger partial charge in [0.2, 0.25) is 5.91 Å². The molecule has 2 rings (SSSR count). The summed E-state index contributed by atoms with van der Waals surface area (Å²) < 4.78 is 7.21. The first-order chi connectivity index (χ1) is 7.07. The van der Waals surface area contributed by atoms with Crippen molar-refractivity contribution in [1.82, 2.24) is 4.90 Å². The zero-order valence-corrected chi connectivity index (χ0v) is 8.08. The van der Waals surface area contributed by atoms with Crippen molar-refractivity contribution in [3.8, 4) is 0 Å². The highest BCUT2D eigenvalue weighted by molar-refractivity contribution is 8.00. The number of aliphatic carboxylic acids is 1. The summed E-state index contributed by atoms with van der Waals surface area (Å²) in [4.78, 5) is 23.6. The van der Waals surface area contributed by atoms with Crippen LogP contribution in [0.2, 0.25) is 0 Å². The number of carboxylic acids is 1. The highest BCUT2D eigenvalue weighted by atomic mass is 32.2. The summed E-state index contributed by atoms with van der Waals surface area (Å²) in [5, 5.41) is 8.72. The summed E-state index contributed by atoms with van der Waals surface area (Å²) in [5.74, 6) is -1.05. The number of thioether (sulfide) groups is 1. The molecule has 0 aromatic rings. The third-order valence-corrected chi connectivity index (χ3v) is 3.65. The van der Waals surface area contributed by atoms with Gasteiger partial charge in [0.05, 0.1) is 0 Å². The van der Waals surface area contributed by atoms with E-state index in [0.717, 1.165) is 0 Å². The Bertz CT molecular complexity index is 371. The molecule has 0 bridgehead atoms. The van der Waals surface area contributed by atoms with Crippen molar-refractivity contribution >= 4 is 23.6 Å². The smallest absolute Gasteiger partial charge is 0.352 e. The van der Waals surface area contributed by atoms with Crippen LogP contribution in [0.4, 0.5) is 0 Å². The molecule has 1 fully saturated rings. The minimum Gasteiger partial charge on any atom is -0.477 e. The maximum atomic E-state index is 11.4. The monoisotopic (exact) mass is 215 g/mol. The summed E-state index contributed by atoms with van der Waals surface area (Å²) in [6.07, 6.45) is 0. The molecule has 0 saturated carbocycles. The van der Waals surface area contributed by atoms with E-state index in [-0.39, 0.29) is 23.9 Å². The van der Waals surface area contributed by atoms with Gasteiger partial charge in [-0.25, -0.2) is 4.79 Å². The third-order valence-electron chi connectivity index (χ3n) is 2.29. The van der Waals surface area contributed by atoms with Crippen LogP contribution in [0.25, 0.3) is 0 Å². The van der Waals surface area contributed by atoms with Crippen molar-refractivity contribution < 1.29 is 16.1 Å². The zero-order chi connectivity index (χ0) is 11.2. The Morgan fingerprint density at radius 3 is 3.14 bits per heavy atom. The van der Waals surface area contributed by atoms with Gasteiger partial charge < -0.3 is 10.8 Å². The van der Waals surface area contributed by atoms with Crippen molar-refractivity contribution in [3.05, 3.63) is 11.3 Å². The average Bonchev–Trinajstić information content (AvgIpc) is 2.25. The van der Waals surface area contributed by atoms with Crippen molar-refractivity contribution in [3.63, 3.8) is 0 Å². The number of carboxylic acid groups (broad SMARTS) is 1. The number of nitrogens with two attached hydrogens (primary N) is 1. The van der Waals surface area contributed by atoms with Gasteiger partial charge in [0.15, 0.2) is 0 Å². The number of β-lactam (4-membered cyclic amide) rings is 1. The Balaban J connectivity index is 2.38. The van der Waals surface area contributed by atoms with Gasteiger partial charge in [0.25, 0.3) is 0 Å². The Labute approximate surface area is 86.3 Å². The van der Waals surface area contributed by atoms with E-state index in [1.54, 1.807) is 0 Å². The van der Waals surface area contributed by atoms with Crippen LogP contribution in [0.15, 0.2) is 11.3 Å². The third kappa shape index (κ3) is 1.07. The molecular weight excluding hydrogens is 204 g/mol. The van der Waals surface area contributed by atoms with Crippen LogP contribution in [-0.4, -0.2) is 39.1 Å². The lowest BCUT2D eigenvalue weighted by Crippen LogP contribution is -2.68. The van der Waals surface area contributed by atoms with Gasteiger partial charge in [-0.1, -0.05) is 0 Å². The molecule has 0 aromatic carbocycles. The fourth-order valence-corrected chi connectivity index (χ4v) is 2.77. The zero-order valence-electron chi connectivity index (χ0n) is 8.27. The average molecular weight is 215 g/mol. The number of nitrogens with zero attached hydrogens (tertiary/aromatic N) is 1. The highest BCUT2D eigenvalue weighted by Gasteiger charge is 2.51. The lowest BCUT2D eigenvalue weighted by molar-refractivity contribution is -0.147. The van der Waals surface area contributed by atoms with Crippen LogP contribution < -0.4 is 5.73 Å². The molecule has 2 aliphatic rings. The fourth-order valence-electron chi connectivity index (χ4n) is 1.58. The van der Waals surface area contributed by atoms with Gasteiger partial charge in [0, 0.05) is 7.12 Å². The van der Waals surface area contributed by atoms with Crippen LogP contribution in [0.1, 0.15) is 8.27 Å². The minimum atomic E-state index is -1.15. The summed E-state index contributed by atoms with van der Waals surface area (Å²) in [6, 6.07) is -0.600. The summed E-state index contributed by atoms with van der Waals surface area (Å²) in [5.41, 5.74) is 5.99. The van der Waals surface area contributed by atoms with E-state index < -0.39 is 12.0 Å². The van der Waals surface area contributed by atoms with Crippen molar-refractivity contribution in [1.29, 1.82) is 0 Å². The van der Waals surface area contributed by atoms with Crippen LogP contribution >= 0.6 is 11.8 Å². The lowest BCUT2D eigenvalue weighted by atomic mass is 10.0. The molecule has 2 atom stereocenters. The van der Waals surface area contributed by atoms with Gasteiger partial charge in [-0.15, -0.1) is 11.8 Å². The Morgan fingerprint density at radius 2 is 2.57 bits per heavy atom. The molecule has 2 heterocycles. The molecule has 5 nitrogen and oxygen atoms in total. The highest BCUT2D eigenvalue weighted by Crippen LogP contribution is 2.38. The number of rotatable bonds is 1. The van der Waals surface area contributed by atoms with Crippen LogP contribution in [0, 0.1) is 0 Å². The molecule has 0 aliphatic carbocycles. The van der Waals surface area contributed by atoms with Crippen molar-refractivity contribution in [2.75, 3.05) is 5.75 Å². The fraction of sp³-hybridized carbons (Fsp3) is 0.500. The van der Waals surface area contributed by atoms with Gasteiger partial charge in [-0.3, -0.25) is 9.69 Å². The van der Waals surface area contributed by atoms with E-state index in [4.69, 9.17) is 12.2 Å². The second kappa shape index (κ2) is 2.99. The van der Waals surface area contributed by atoms with E-state index in [1.165, 1.54) is 16.7 Å². The number of hydrogen-bond acceptors (Lipinski definition) is 4. The van der Waals surface area contributed by atoms with Gasteiger partial charge >= 0.3 is 5.97 Å². The van der Waals surface area contributed by atoms with E-state index in [1.807, 2.05) is 0 Å². The van der Waals surface area contributed by atoms with Gasteiger partial charge in [0.1, 0.15) is 17.1 Å². The first kappa shape index (κ1) is 8.31. The molecule has 1 amide bonds. The first-order valence-corrected chi connectivity index (χ1v) is 5.07. The number of hydrogen-bond donors (Lipinski definition) is 2. The second-order valence-corrected chi connectivity index (χ2v) is 4.30. The van der Waals surface area contributed by atoms with Gasteiger partial charge in [-0.05, 0) is 12.5 Å². The molecule has 76 valence electrons. The summed E-state index contributed by atoms with van der Waals surface area (Å²) >= 11 is 1.42. The van der Waals surface area contributed by atoms with Crippen LogP contribution in [-0.2, 0) is 9.59 Å². The predicted octanol–water partition coefficient (Wildman–Crippen LogP) is -0.413. The Kier molecular flexibility index (Phi) is 1.78.